The van der Waals surface area contributed by atoms with Crippen molar-refractivity contribution < 1.29 is 39.2 Å². The fourth-order valence-corrected chi connectivity index (χ4v) is 7.58. The van der Waals surface area contributed by atoms with E-state index in [4.69, 9.17) is 9.47 Å². The number of carbonyl (C=O) groups excluding carboxylic acids is 3. The van der Waals surface area contributed by atoms with Gasteiger partial charge in [-0.05, 0) is 38.3 Å². The smallest absolute Gasteiger partial charge is 0.333 e. The summed E-state index contributed by atoms with van der Waals surface area (Å²) in [7, 11) is 0. The maximum atomic E-state index is 13.3. The molecule has 3 N–H and O–H groups in total. The molecule has 0 spiro atoms. The molecular formula is C30H42O8. The van der Waals surface area contributed by atoms with Crippen LogP contribution in [0.25, 0.3) is 0 Å². The first-order valence-corrected chi connectivity index (χ1v) is 13.6. The SMILES string of the molecule is C/C=C(\C)C(=O)O[C@@H]1[C@@H](C)[C@@]2(O)[C@@H](C=C(CO)C[C@]3(O)C(=O)C(C)=C[C@@H]23)[C@H]2C(C)(C)[C@]12OC(=O)[C@@H](C)CC. The van der Waals surface area contributed by atoms with E-state index in [-0.39, 0.29) is 12.3 Å². The van der Waals surface area contributed by atoms with Crippen LogP contribution in [0.1, 0.15) is 68.2 Å². The maximum Gasteiger partial charge on any atom is 0.333 e. The molecule has 38 heavy (non-hydrogen) atoms. The van der Waals surface area contributed by atoms with Gasteiger partial charge in [0.15, 0.2) is 11.4 Å². The molecule has 0 bridgehead atoms. The van der Waals surface area contributed by atoms with Crippen LogP contribution in [0.5, 0.6) is 0 Å². The molecule has 4 rings (SSSR count). The van der Waals surface area contributed by atoms with Crippen molar-refractivity contribution in [1.82, 2.24) is 0 Å². The summed E-state index contributed by atoms with van der Waals surface area (Å²) >= 11 is 0. The van der Waals surface area contributed by atoms with Crippen LogP contribution in [0.4, 0.5) is 0 Å². The van der Waals surface area contributed by atoms with E-state index < -0.39 is 76.3 Å². The molecule has 210 valence electrons. The summed E-state index contributed by atoms with van der Waals surface area (Å²) in [6.45, 7) is 13.8. The Morgan fingerprint density at radius 2 is 1.87 bits per heavy atom. The Kier molecular flexibility index (Phi) is 6.90. The zero-order chi connectivity index (χ0) is 28.6. The minimum absolute atomic E-state index is 0.124. The van der Waals surface area contributed by atoms with Crippen LogP contribution in [0.15, 0.2) is 34.9 Å². The van der Waals surface area contributed by atoms with E-state index in [0.29, 0.717) is 23.1 Å². The lowest BCUT2D eigenvalue weighted by Crippen LogP contribution is -2.66. The highest BCUT2D eigenvalue weighted by atomic mass is 16.6. The Morgan fingerprint density at radius 3 is 2.42 bits per heavy atom. The second-order valence-electron chi connectivity index (χ2n) is 12.5. The lowest BCUT2D eigenvalue weighted by Gasteiger charge is -2.53. The number of carbonyl (C=O) groups is 3. The van der Waals surface area contributed by atoms with E-state index in [1.165, 1.54) is 0 Å². The zero-order valence-electron chi connectivity index (χ0n) is 23.7. The molecule has 8 nitrogen and oxygen atoms in total. The molecule has 0 unspecified atom stereocenters. The molecule has 0 heterocycles. The molecule has 0 saturated heterocycles. The van der Waals surface area contributed by atoms with Crippen molar-refractivity contribution in [2.75, 3.05) is 6.61 Å². The van der Waals surface area contributed by atoms with Crippen LogP contribution < -0.4 is 0 Å². The third-order valence-corrected chi connectivity index (χ3v) is 10.2. The van der Waals surface area contributed by atoms with Gasteiger partial charge in [0.25, 0.3) is 0 Å². The summed E-state index contributed by atoms with van der Waals surface area (Å²) < 4.78 is 12.4. The third kappa shape index (κ3) is 3.56. The molecule has 0 aromatic rings. The van der Waals surface area contributed by atoms with Gasteiger partial charge < -0.3 is 24.8 Å². The van der Waals surface area contributed by atoms with Crippen molar-refractivity contribution >= 4 is 17.7 Å². The van der Waals surface area contributed by atoms with Crippen LogP contribution in [0.3, 0.4) is 0 Å². The van der Waals surface area contributed by atoms with Crippen LogP contribution >= 0.6 is 0 Å². The Balaban J connectivity index is 1.95. The summed E-state index contributed by atoms with van der Waals surface area (Å²) in [5.74, 6) is -4.91. The van der Waals surface area contributed by atoms with Gasteiger partial charge in [0.1, 0.15) is 11.7 Å². The lowest BCUT2D eigenvalue weighted by molar-refractivity contribution is -0.228. The van der Waals surface area contributed by atoms with Gasteiger partial charge in [-0.1, -0.05) is 52.8 Å². The largest absolute Gasteiger partial charge is 0.454 e. The average molecular weight is 531 g/mol. The van der Waals surface area contributed by atoms with Crippen LogP contribution in [0.2, 0.25) is 0 Å². The highest BCUT2D eigenvalue weighted by Crippen LogP contribution is 2.77. The van der Waals surface area contributed by atoms with E-state index in [1.54, 1.807) is 52.8 Å². The van der Waals surface area contributed by atoms with Crippen LogP contribution in [-0.4, -0.2) is 62.6 Å². The van der Waals surface area contributed by atoms with Gasteiger partial charge in [-0.3, -0.25) is 9.59 Å². The minimum Gasteiger partial charge on any atom is -0.454 e. The van der Waals surface area contributed by atoms with Crippen LogP contribution in [0, 0.1) is 35.0 Å². The number of rotatable bonds is 6. The van der Waals surface area contributed by atoms with Gasteiger partial charge in [0.05, 0.1) is 18.1 Å². The number of aliphatic hydroxyl groups is 3. The zero-order valence-corrected chi connectivity index (χ0v) is 23.7. The Bertz CT molecular complexity index is 1150. The Hall–Kier alpha value is -2.29. The first kappa shape index (κ1) is 28.7. The summed E-state index contributed by atoms with van der Waals surface area (Å²) in [5, 5.41) is 34.7. The van der Waals surface area contributed by atoms with E-state index in [9.17, 15) is 29.7 Å². The number of hydrogen-bond donors (Lipinski definition) is 3. The quantitative estimate of drug-likeness (QED) is 0.271. The molecule has 0 aliphatic heterocycles. The standard InChI is InChI=1S/C30H42O8/c1-9-15(3)25(33)37-24-18(6)29(36)20(22-27(7,8)30(22,24)38-26(34)16(4)10-2)12-19(14-31)13-28(35)21(29)11-17(5)23(28)32/h9,11-12,16,18,20-22,24,31,35-36H,10,13-14H2,1-8H3/b15-9+/t16-,18+,20-,21+,22-,24+,28+,29+,30+/m0/s1. The molecular weight excluding hydrogens is 488 g/mol. The number of fused-ring (bicyclic) bond motifs is 5. The predicted molar refractivity (Wildman–Crippen MR) is 139 cm³/mol. The van der Waals surface area contributed by atoms with Crippen molar-refractivity contribution in [3.8, 4) is 0 Å². The van der Waals surface area contributed by atoms with Crippen molar-refractivity contribution in [2.24, 2.45) is 35.0 Å². The van der Waals surface area contributed by atoms with E-state index in [0.717, 1.165) is 0 Å². The molecule has 2 saturated carbocycles. The minimum atomic E-state index is -1.95. The fraction of sp³-hybridized carbons (Fsp3) is 0.700. The summed E-state index contributed by atoms with van der Waals surface area (Å²) in [4.78, 5) is 39.6. The highest BCUT2D eigenvalue weighted by Gasteiger charge is 2.88. The molecule has 0 amide bonds. The average Bonchev–Trinajstić information content (AvgIpc) is 3.30. The fourth-order valence-electron chi connectivity index (χ4n) is 7.58. The van der Waals surface area contributed by atoms with Gasteiger partial charge in [-0.2, -0.15) is 0 Å². The van der Waals surface area contributed by atoms with E-state index >= 15 is 0 Å². The molecule has 0 aromatic heterocycles. The van der Waals surface area contributed by atoms with Gasteiger partial charge >= 0.3 is 11.9 Å². The highest BCUT2D eigenvalue weighted by molar-refractivity contribution is 6.04. The molecule has 8 heteroatoms. The topological polar surface area (TPSA) is 130 Å². The third-order valence-electron chi connectivity index (χ3n) is 10.2. The number of Topliss-reactive ketones (excluding diaryl/α,β-unsaturated/α-hetero) is 1. The van der Waals surface area contributed by atoms with E-state index in [2.05, 4.69) is 0 Å². The molecule has 2 fully saturated rings. The van der Waals surface area contributed by atoms with Crippen molar-refractivity contribution in [2.45, 2.75) is 91.1 Å². The molecule has 4 aliphatic rings. The monoisotopic (exact) mass is 530 g/mol. The number of hydrogen-bond acceptors (Lipinski definition) is 8. The van der Waals surface area contributed by atoms with Crippen molar-refractivity contribution in [1.29, 1.82) is 0 Å². The van der Waals surface area contributed by atoms with Crippen LogP contribution in [-0.2, 0) is 23.9 Å². The number of ketones is 1. The van der Waals surface area contributed by atoms with Gasteiger partial charge in [0.2, 0.25) is 0 Å². The second-order valence-corrected chi connectivity index (χ2v) is 12.5. The normalized spacial score (nSPS) is 42.0. The maximum absolute atomic E-state index is 13.3. The second kappa shape index (κ2) is 9.14. The van der Waals surface area contributed by atoms with Gasteiger partial charge in [-0.25, -0.2) is 4.79 Å². The first-order chi connectivity index (χ1) is 17.6. The number of ether oxygens (including phenoxy) is 2. The summed E-state index contributed by atoms with van der Waals surface area (Å²) in [6.07, 6.45) is 4.40. The molecule has 0 aromatic carbocycles. The Labute approximate surface area is 224 Å². The molecule has 4 aliphatic carbocycles. The van der Waals surface area contributed by atoms with E-state index in [1.807, 2.05) is 20.8 Å². The van der Waals surface area contributed by atoms with Crippen molar-refractivity contribution in [3.63, 3.8) is 0 Å². The molecule has 0 radical (unpaired) electrons. The number of esters is 2. The van der Waals surface area contributed by atoms with Gasteiger partial charge in [0, 0.05) is 41.1 Å². The number of aliphatic hydroxyl groups excluding tert-OH is 1. The predicted octanol–water partition coefficient (Wildman–Crippen LogP) is 3.04. The lowest BCUT2D eigenvalue weighted by atomic mass is 9.59. The summed E-state index contributed by atoms with van der Waals surface area (Å²) in [5.41, 5.74) is -4.51. The van der Waals surface area contributed by atoms with Crippen molar-refractivity contribution in [3.05, 3.63) is 34.9 Å². The first-order valence-electron chi connectivity index (χ1n) is 13.6. The Morgan fingerprint density at radius 1 is 1.24 bits per heavy atom. The number of allylic oxidation sites excluding steroid dienone is 1. The summed E-state index contributed by atoms with van der Waals surface area (Å²) in [6, 6.07) is 0. The van der Waals surface area contributed by atoms with Gasteiger partial charge in [-0.15, -0.1) is 0 Å². The molecule has 9 atom stereocenters.